The summed E-state index contributed by atoms with van der Waals surface area (Å²) in [7, 11) is 0. The summed E-state index contributed by atoms with van der Waals surface area (Å²) in [5.74, 6) is -0.535. The van der Waals surface area contributed by atoms with Crippen LogP contribution in [0.25, 0.3) is 0 Å². The van der Waals surface area contributed by atoms with Gasteiger partial charge >= 0.3 is 17.9 Å². The highest BCUT2D eigenvalue weighted by Crippen LogP contribution is 2.48. The first-order valence-electron chi connectivity index (χ1n) is 52.1. The zero-order chi connectivity index (χ0) is 97.6. The van der Waals surface area contributed by atoms with Crippen LogP contribution in [0.1, 0.15) is 279 Å². The van der Waals surface area contributed by atoms with Crippen molar-refractivity contribution in [1.29, 1.82) is 0 Å². The van der Waals surface area contributed by atoms with E-state index in [1.54, 1.807) is 6.08 Å². The van der Waals surface area contributed by atoms with Crippen molar-refractivity contribution in [2.75, 3.05) is 39.6 Å². The normalized spacial score (nSPS) is 26.8. The van der Waals surface area contributed by atoms with Gasteiger partial charge in [-0.05, 0) is 185 Å². The number of ether oxygens (including phenoxy) is 15. The molecule has 4 saturated carbocycles. The SMILES string of the molecule is CCCCOC(C)O[C@H](/C=C/[C@@H]1[C@@H](C/C=C\CCCC(=O)O)[C@@H](O)C[C@H]1OC(C)OCCCC)CCc1ccccc1.CCCCOC(C)O[C@H](/C=C/[C@@H]1[C@H]2CC(=O)O[C@H]2C[C@H]1OC(C)OCCCC)CCc1ccccc1.CCCCOC(C)O[C@H](/C=C/[C@@H]1[C@H]2CC(O)O[C@H]2C[C@H]1OC(C)OCCCC)CCc1ccccc1.O=C1C[C@@H]2[C@@H](/C=C/[C@@H](O)CCc3ccccc3)[C@H](O)C[C@@H]2O1. The summed E-state index contributed by atoms with van der Waals surface area (Å²) in [6, 6.07) is 41.4. The van der Waals surface area contributed by atoms with Gasteiger partial charge in [0, 0.05) is 114 Å². The highest BCUT2D eigenvalue weighted by atomic mass is 16.7. The molecule has 4 aliphatic carbocycles. The maximum Gasteiger partial charge on any atom is 0.306 e. The van der Waals surface area contributed by atoms with Gasteiger partial charge in [0.05, 0.1) is 73.9 Å². The Hall–Kier alpha value is -6.69. The van der Waals surface area contributed by atoms with Crippen LogP contribution < -0.4 is 0 Å². The topological polar surface area (TPSA) is 291 Å². The summed E-state index contributed by atoms with van der Waals surface area (Å²) < 4.78 is 90.0. The van der Waals surface area contributed by atoms with Crippen molar-refractivity contribution in [3.63, 3.8) is 0 Å². The van der Waals surface area contributed by atoms with Gasteiger partial charge in [0.25, 0.3) is 0 Å². The molecule has 23 heteroatoms. The van der Waals surface area contributed by atoms with Crippen LogP contribution in [0.4, 0.5) is 0 Å². The van der Waals surface area contributed by atoms with Crippen LogP contribution in [-0.4, -0.2) is 200 Å². The predicted molar refractivity (Wildman–Crippen MR) is 531 cm³/mol. The highest BCUT2D eigenvalue weighted by Gasteiger charge is 2.52. The lowest BCUT2D eigenvalue weighted by atomic mass is 9.89. The summed E-state index contributed by atoms with van der Waals surface area (Å²) in [5, 5.41) is 50.3. The van der Waals surface area contributed by atoms with Crippen LogP contribution in [0, 0.1) is 47.3 Å². The summed E-state index contributed by atoms with van der Waals surface area (Å²) in [5.41, 5.74) is 5.05. The van der Waals surface area contributed by atoms with Gasteiger partial charge < -0.3 is 96.6 Å². The Morgan fingerprint density at radius 1 is 0.390 bits per heavy atom. The van der Waals surface area contributed by atoms with Crippen LogP contribution in [0.3, 0.4) is 0 Å². The second kappa shape index (κ2) is 66.1. The number of carboxylic acid groups (broad SMARTS) is 1. The van der Waals surface area contributed by atoms with E-state index in [-0.39, 0.29) is 158 Å². The van der Waals surface area contributed by atoms with E-state index in [0.29, 0.717) is 104 Å². The molecule has 27 atom stereocenters. The van der Waals surface area contributed by atoms with E-state index in [0.717, 1.165) is 128 Å². The van der Waals surface area contributed by atoms with Gasteiger partial charge in [0.1, 0.15) is 12.2 Å². The molecule has 0 aromatic heterocycles. The number of carbonyl (C=O) groups excluding carboxylic acids is 2. The minimum atomic E-state index is -0.774. The van der Waals surface area contributed by atoms with E-state index in [4.69, 9.17) is 76.2 Å². The van der Waals surface area contributed by atoms with Crippen molar-refractivity contribution in [2.45, 2.75) is 399 Å². The Kier molecular flexibility index (Phi) is 55.7. The first-order valence-corrected chi connectivity index (χ1v) is 52.1. The van der Waals surface area contributed by atoms with Crippen LogP contribution in [0.15, 0.2) is 182 Å². The maximum atomic E-state index is 12.0. The van der Waals surface area contributed by atoms with Crippen LogP contribution >= 0.6 is 0 Å². The maximum absolute atomic E-state index is 12.0. The molecule has 4 aromatic carbocycles. The zero-order valence-corrected chi connectivity index (χ0v) is 84.2. The zero-order valence-electron chi connectivity index (χ0n) is 84.2. The molecule has 3 heterocycles. The van der Waals surface area contributed by atoms with Crippen molar-refractivity contribution in [3.8, 4) is 0 Å². The molecule has 7 fully saturated rings. The van der Waals surface area contributed by atoms with Gasteiger partial charge in [-0.1, -0.05) is 262 Å². The lowest BCUT2D eigenvalue weighted by Gasteiger charge is -2.26. The number of carboxylic acids is 1. The minimum Gasteiger partial charge on any atom is -0.481 e. The fourth-order valence-electron chi connectivity index (χ4n) is 19.2. The second-order valence-corrected chi connectivity index (χ2v) is 37.9. The molecule has 136 heavy (non-hydrogen) atoms. The molecule has 0 spiro atoms. The highest BCUT2D eigenvalue weighted by molar-refractivity contribution is 5.73. The molecule has 7 unspecified atom stereocenters. The molecular formula is C113H172O23. The van der Waals surface area contributed by atoms with Gasteiger partial charge in [-0.15, -0.1) is 0 Å². The van der Waals surface area contributed by atoms with Gasteiger partial charge in [-0.25, -0.2) is 0 Å². The fourth-order valence-corrected chi connectivity index (χ4v) is 19.2. The molecular weight excluding hydrogens is 1730 g/mol. The number of aryl methyl sites for hydroxylation is 4. The number of unbranched alkanes of at least 4 members (excludes halogenated alkanes) is 7. The molecule has 7 aliphatic rings. The van der Waals surface area contributed by atoms with E-state index in [1.165, 1.54) is 22.3 Å². The predicted octanol–water partition coefficient (Wildman–Crippen LogP) is 21.6. The minimum absolute atomic E-state index is 0.00613. The number of rotatable bonds is 62. The van der Waals surface area contributed by atoms with Gasteiger partial charge in [-0.2, -0.15) is 0 Å². The Bertz CT molecular complexity index is 3940. The quantitative estimate of drug-likeness (QED) is 0.0119. The van der Waals surface area contributed by atoms with Gasteiger partial charge in [0.15, 0.2) is 44.0 Å². The van der Waals surface area contributed by atoms with Crippen LogP contribution in [0.2, 0.25) is 0 Å². The second-order valence-electron chi connectivity index (χ2n) is 37.9. The lowest BCUT2D eigenvalue weighted by molar-refractivity contribution is -0.172. The number of esters is 2. The third-order valence-corrected chi connectivity index (χ3v) is 26.8. The first-order chi connectivity index (χ1) is 66.0. The molecule has 11 rings (SSSR count). The molecule has 5 N–H and O–H groups in total. The van der Waals surface area contributed by atoms with Crippen molar-refractivity contribution < 1.29 is 111 Å². The fraction of sp³-hybridized carbons (Fsp3) is 0.673. The number of carbonyl (C=O) groups is 3. The van der Waals surface area contributed by atoms with Crippen molar-refractivity contribution >= 4 is 17.9 Å². The third-order valence-electron chi connectivity index (χ3n) is 26.8. The summed E-state index contributed by atoms with van der Waals surface area (Å²) in [6.07, 6.45) is 41.5. The molecule has 0 radical (unpaired) electrons. The Morgan fingerprint density at radius 2 is 0.735 bits per heavy atom. The molecule has 4 aromatic rings. The molecule has 23 nitrogen and oxygen atoms in total. The van der Waals surface area contributed by atoms with Crippen molar-refractivity contribution in [2.24, 2.45) is 47.3 Å². The molecule has 3 saturated heterocycles. The van der Waals surface area contributed by atoms with Crippen molar-refractivity contribution in [1.82, 2.24) is 0 Å². The number of benzene rings is 4. The lowest BCUT2D eigenvalue weighted by Crippen LogP contribution is -2.28. The molecule has 3 aliphatic heterocycles. The van der Waals surface area contributed by atoms with E-state index in [1.807, 2.05) is 102 Å². The van der Waals surface area contributed by atoms with Crippen molar-refractivity contribution in [3.05, 3.63) is 204 Å². The Balaban J connectivity index is 0.000000227. The molecule has 0 bridgehead atoms. The number of allylic oxidation sites excluding steroid dienone is 2. The molecule has 0 amide bonds. The van der Waals surface area contributed by atoms with Crippen LogP contribution in [0.5, 0.6) is 0 Å². The number of hydrogen-bond acceptors (Lipinski definition) is 22. The molecule has 762 valence electrons. The van der Waals surface area contributed by atoms with Crippen LogP contribution in [-0.2, 0) is 111 Å². The van der Waals surface area contributed by atoms with E-state index >= 15 is 0 Å². The Morgan fingerprint density at radius 3 is 1.13 bits per heavy atom. The Labute approximate surface area is 815 Å². The summed E-state index contributed by atoms with van der Waals surface area (Å²) in [4.78, 5) is 34.2. The monoisotopic (exact) mass is 1900 g/mol. The third kappa shape index (κ3) is 43.4. The summed E-state index contributed by atoms with van der Waals surface area (Å²) >= 11 is 0. The summed E-state index contributed by atoms with van der Waals surface area (Å²) in [6.45, 7) is 28.8. The number of aliphatic hydroxyl groups excluding tert-OH is 4. The first kappa shape index (κ1) is 115. The number of aliphatic hydroxyl groups is 4. The number of hydrogen-bond donors (Lipinski definition) is 5. The largest absolute Gasteiger partial charge is 0.481 e. The van der Waals surface area contributed by atoms with Gasteiger partial charge in [-0.3, -0.25) is 14.4 Å². The number of fused-ring (bicyclic) bond motifs is 3. The average Bonchev–Trinajstić information content (AvgIpc) is 1.64. The van der Waals surface area contributed by atoms with E-state index < -0.39 is 30.6 Å². The van der Waals surface area contributed by atoms with E-state index in [9.17, 15) is 34.8 Å². The standard InChI is InChI=1S/C35H56O7.C30H48O6.C30H46O6.C18H22O4/c1-5-7-24-39-27(3)41-30(21-20-29-16-12-11-13-17-29)22-23-32-31(18-14-9-10-15-19-35(37)38)33(36)26-34(32)42-28(4)40-25-8-6-2;2*1-5-7-18-32-22(3)34-25(15-14-24-12-10-9-11-13-24)16-17-26-27-20-30(31)36-29(27)21-28(26)35-23(4)33-19-8-6-2;19-13(7-6-12-4-2-1-3-5-12)8-9-14-15-10-18(21)22-17(15)11-16(14)20/h9,11-14,16-17,22-23,27-28,30-34,36H,5-8,10,15,18-21,24-26H2,1-4H3,(H,37,38);9-13,16-17,22-23,25-31H,5-8,14-15,18-21H2,1-4H3;9-13,16-17,22-23,25-29H,5-8,14-15,18-21H2,1-4H3;1-5,8-9,13-17,19-20H,6-7,10-11H2/b14-9-,23-22+;2*17-16+;9-8+/t27?,28?,30-,31+,32+,33-,34+;22?,23?,25-,26+,27+,28+,29-,30?;22?,23?,25-,26+,27+,28+,29-;13-,14+,15+,16+,17-/m0000/s1. The number of aliphatic carboxylic acids is 1. The average molecular weight is 1900 g/mol. The smallest absolute Gasteiger partial charge is 0.306 e. The van der Waals surface area contributed by atoms with Gasteiger partial charge in [0.2, 0.25) is 0 Å². The van der Waals surface area contributed by atoms with E-state index in [2.05, 4.69) is 157 Å².